The topological polar surface area (TPSA) is 50.2 Å². The number of hydrogen-bond acceptors (Lipinski definition) is 3. The zero-order valence-corrected chi connectivity index (χ0v) is 14.7. The highest BCUT2D eigenvalue weighted by atomic mass is 14.9. The molecule has 0 unspecified atom stereocenters. The lowest BCUT2D eigenvalue weighted by Gasteiger charge is -2.04. The molecule has 4 aromatic rings. The van der Waals surface area contributed by atoms with Gasteiger partial charge in [-0.25, -0.2) is 4.99 Å². The third-order valence-corrected chi connectivity index (χ3v) is 4.22. The Morgan fingerprint density at radius 3 is 1.52 bits per heavy atom. The molecule has 130 valence electrons. The molecular formula is C23H18N4. The van der Waals surface area contributed by atoms with Crippen LogP contribution in [0.4, 0.5) is 11.4 Å². The molecule has 0 spiro atoms. The average Bonchev–Trinajstić information content (AvgIpc) is 2.76. The van der Waals surface area contributed by atoms with Gasteiger partial charge in [0.2, 0.25) is 0 Å². The molecular weight excluding hydrogens is 332 g/mol. The summed E-state index contributed by atoms with van der Waals surface area (Å²) in [7, 11) is 0. The lowest BCUT2D eigenvalue weighted by atomic mass is 10.1. The zero-order valence-electron chi connectivity index (χ0n) is 14.7. The highest BCUT2D eigenvalue weighted by Gasteiger charge is 1.98. The molecule has 0 saturated carbocycles. The Labute approximate surface area is 158 Å². The number of hydrogen-bond donors (Lipinski definition) is 1. The Kier molecular flexibility index (Phi) is 4.97. The first-order valence-electron chi connectivity index (χ1n) is 8.68. The van der Waals surface area contributed by atoms with Gasteiger partial charge in [-0.15, -0.1) is 0 Å². The molecule has 0 aliphatic carbocycles. The van der Waals surface area contributed by atoms with Gasteiger partial charge in [-0.05, 0) is 70.8 Å². The molecule has 27 heavy (non-hydrogen) atoms. The predicted molar refractivity (Wildman–Crippen MR) is 111 cm³/mol. The monoisotopic (exact) mass is 350 g/mol. The number of aromatic nitrogens is 2. The van der Waals surface area contributed by atoms with Crippen LogP contribution in [0.5, 0.6) is 0 Å². The van der Waals surface area contributed by atoms with Crippen LogP contribution in [0.25, 0.3) is 22.3 Å². The number of nitrogens with zero attached hydrogens (tertiary/aromatic N) is 3. The van der Waals surface area contributed by atoms with E-state index in [2.05, 4.69) is 44.5 Å². The maximum Gasteiger partial charge on any atom is 0.0930 e. The molecule has 2 heterocycles. The first-order chi connectivity index (χ1) is 13.4. The third-order valence-electron chi connectivity index (χ3n) is 4.22. The first-order valence-corrected chi connectivity index (χ1v) is 8.68. The van der Waals surface area contributed by atoms with E-state index in [1.165, 1.54) is 0 Å². The van der Waals surface area contributed by atoms with Gasteiger partial charge in [-0.3, -0.25) is 9.97 Å². The zero-order chi connectivity index (χ0) is 18.3. The van der Waals surface area contributed by atoms with E-state index in [4.69, 9.17) is 0 Å². The molecule has 4 nitrogen and oxygen atoms in total. The smallest absolute Gasteiger partial charge is 0.0930 e. The average molecular weight is 350 g/mol. The molecule has 0 saturated heterocycles. The van der Waals surface area contributed by atoms with Crippen LogP contribution in [0, 0.1) is 0 Å². The SMILES string of the molecule is C(=Nc1ccc(-c2ccncc2)cc1)Nc1ccc(-c2ccncc2)cc1. The molecule has 2 aromatic heterocycles. The van der Waals surface area contributed by atoms with Crippen LogP contribution in [0.1, 0.15) is 0 Å². The van der Waals surface area contributed by atoms with Crippen molar-refractivity contribution in [1.82, 2.24) is 9.97 Å². The summed E-state index contributed by atoms with van der Waals surface area (Å²) in [5.41, 5.74) is 6.49. The molecule has 4 rings (SSSR count). The van der Waals surface area contributed by atoms with Crippen molar-refractivity contribution >= 4 is 17.7 Å². The molecule has 0 aliphatic rings. The summed E-state index contributed by atoms with van der Waals surface area (Å²) in [5.74, 6) is 0. The van der Waals surface area contributed by atoms with E-state index in [0.29, 0.717) is 0 Å². The summed E-state index contributed by atoms with van der Waals surface area (Å²) in [6.07, 6.45) is 8.90. The molecule has 1 N–H and O–H groups in total. The summed E-state index contributed by atoms with van der Waals surface area (Å²) < 4.78 is 0. The van der Waals surface area contributed by atoms with Crippen molar-refractivity contribution in [3.8, 4) is 22.3 Å². The van der Waals surface area contributed by atoms with E-state index >= 15 is 0 Å². The van der Waals surface area contributed by atoms with Crippen LogP contribution < -0.4 is 5.32 Å². The number of benzene rings is 2. The van der Waals surface area contributed by atoms with E-state index in [1.54, 1.807) is 31.1 Å². The second-order valence-corrected chi connectivity index (χ2v) is 6.00. The van der Waals surface area contributed by atoms with Gasteiger partial charge in [-0.1, -0.05) is 24.3 Å². The van der Waals surface area contributed by atoms with Gasteiger partial charge >= 0.3 is 0 Å². The predicted octanol–water partition coefficient (Wildman–Crippen LogP) is 5.58. The fourth-order valence-corrected chi connectivity index (χ4v) is 2.77. The second kappa shape index (κ2) is 8.06. The maximum absolute atomic E-state index is 4.46. The normalized spacial score (nSPS) is 10.8. The van der Waals surface area contributed by atoms with Crippen molar-refractivity contribution in [2.24, 2.45) is 4.99 Å². The van der Waals surface area contributed by atoms with E-state index in [0.717, 1.165) is 33.6 Å². The van der Waals surface area contributed by atoms with Crippen molar-refractivity contribution in [1.29, 1.82) is 0 Å². The Bertz CT molecular complexity index is 1010. The maximum atomic E-state index is 4.46. The van der Waals surface area contributed by atoms with Crippen molar-refractivity contribution in [3.63, 3.8) is 0 Å². The fraction of sp³-hybridized carbons (Fsp3) is 0. The standard InChI is InChI=1S/C23H18N4/c1-5-22(6-2-18(1)20-9-13-24-14-10-20)26-17-27-23-7-3-19(4-8-23)21-11-15-25-16-12-21/h1-17H,(H,26,27). The largest absolute Gasteiger partial charge is 0.346 e. The molecule has 0 bridgehead atoms. The fourth-order valence-electron chi connectivity index (χ4n) is 2.77. The van der Waals surface area contributed by atoms with Crippen molar-refractivity contribution in [2.45, 2.75) is 0 Å². The molecule has 0 radical (unpaired) electrons. The van der Waals surface area contributed by atoms with Crippen molar-refractivity contribution in [3.05, 3.63) is 97.6 Å². The Hall–Kier alpha value is -3.79. The first kappa shape index (κ1) is 16.7. The molecule has 0 amide bonds. The van der Waals surface area contributed by atoms with Crippen LogP contribution >= 0.6 is 0 Å². The van der Waals surface area contributed by atoms with Crippen LogP contribution in [-0.4, -0.2) is 16.3 Å². The van der Waals surface area contributed by atoms with Gasteiger partial charge in [0.05, 0.1) is 12.0 Å². The van der Waals surface area contributed by atoms with Crippen molar-refractivity contribution < 1.29 is 0 Å². The van der Waals surface area contributed by atoms with Gasteiger partial charge in [0, 0.05) is 30.5 Å². The van der Waals surface area contributed by atoms with Gasteiger partial charge in [0.25, 0.3) is 0 Å². The van der Waals surface area contributed by atoms with Gasteiger partial charge in [0.1, 0.15) is 0 Å². The van der Waals surface area contributed by atoms with Crippen LogP contribution in [0.3, 0.4) is 0 Å². The summed E-state index contributed by atoms with van der Waals surface area (Å²) in [6, 6.07) is 24.3. The Morgan fingerprint density at radius 2 is 1.00 bits per heavy atom. The molecule has 0 atom stereocenters. The number of anilines is 1. The minimum absolute atomic E-state index is 0.897. The van der Waals surface area contributed by atoms with E-state index in [-0.39, 0.29) is 0 Å². The Morgan fingerprint density at radius 1 is 0.556 bits per heavy atom. The van der Waals surface area contributed by atoms with Gasteiger partial charge in [-0.2, -0.15) is 0 Å². The minimum atomic E-state index is 0.897. The highest BCUT2D eigenvalue weighted by Crippen LogP contribution is 2.22. The quantitative estimate of drug-likeness (QED) is 0.377. The lowest BCUT2D eigenvalue weighted by molar-refractivity contribution is 1.33. The van der Waals surface area contributed by atoms with E-state index in [9.17, 15) is 0 Å². The van der Waals surface area contributed by atoms with Gasteiger partial charge < -0.3 is 5.32 Å². The van der Waals surface area contributed by atoms with Crippen LogP contribution in [-0.2, 0) is 0 Å². The number of rotatable bonds is 5. The minimum Gasteiger partial charge on any atom is -0.346 e. The van der Waals surface area contributed by atoms with Crippen molar-refractivity contribution in [2.75, 3.05) is 5.32 Å². The Balaban J connectivity index is 1.39. The lowest BCUT2D eigenvalue weighted by Crippen LogP contribution is -1.93. The summed E-state index contributed by atoms with van der Waals surface area (Å²) in [5, 5.41) is 3.21. The molecule has 0 aliphatic heterocycles. The summed E-state index contributed by atoms with van der Waals surface area (Å²) in [4.78, 5) is 12.6. The number of aliphatic imine (C=N–C) groups is 1. The van der Waals surface area contributed by atoms with E-state index < -0.39 is 0 Å². The van der Waals surface area contributed by atoms with Crippen LogP contribution in [0.2, 0.25) is 0 Å². The third kappa shape index (κ3) is 4.25. The van der Waals surface area contributed by atoms with E-state index in [1.807, 2.05) is 48.5 Å². The van der Waals surface area contributed by atoms with Gasteiger partial charge in [0.15, 0.2) is 0 Å². The molecule has 2 aromatic carbocycles. The number of nitrogens with one attached hydrogen (secondary N) is 1. The number of pyridine rings is 2. The summed E-state index contributed by atoms with van der Waals surface area (Å²) in [6.45, 7) is 0. The molecule has 4 heteroatoms. The highest BCUT2D eigenvalue weighted by molar-refractivity contribution is 5.79. The summed E-state index contributed by atoms with van der Waals surface area (Å²) >= 11 is 0. The molecule has 0 fully saturated rings. The van der Waals surface area contributed by atoms with Crippen LogP contribution in [0.15, 0.2) is 103 Å². The second-order valence-electron chi connectivity index (χ2n) is 6.00.